The Labute approximate surface area is 118 Å². The van der Waals surface area contributed by atoms with Crippen molar-refractivity contribution < 1.29 is 9.59 Å². The van der Waals surface area contributed by atoms with E-state index in [9.17, 15) is 9.59 Å². The number of carbonyl (C=O) groups excluding carboxylic acids is 2. The number of aromatic nitrogens is 1. The van der Waals surface area contributed by atoms with Gasteiger partial charge in [-0.05, 0) is 18.2 Å². The molecule has 7 nitrogen and oxygen atoms in total. The first-order valence-corrected chi connectivity index (χ1v) is 6.92. The number of nitrogen functional groups attached to an aromatic ring is 1. The van der Waals surface area contributed by atoms with E-state index in [2.05, 4.69) is 15.6 Å². The predicted octanol–water partition coefficient (Wildman–Crippen LogP) is 0.842. The molecular weight excluding hydrogens is 278 g/mol. The molecule has 4 N–H and O–H groups in total. The zero-order chi connectivity index (χ0) is 14.1. The van der Waals surface area contributed by atoms with Gasteiger partial charge in [0.2, 0.25) is 5.91 Å². The number of carbonyl (C=O) groups is 2. The average Bonchev–Trinajstić information content (AvgIpc) is 2.95. The number of anilines is 2. The number of nitrogens with one attached hydrogen (secondary N) is 2. The Hall–Kier alpha value is -2.35. The maximum Gasteiger partial charge on any atom is 0.317 e. The standard InChI is InChI=1S/C12H13N5O2S/c13-7-1-2-8-9(5-7)20-11(15-8)16-10(18)6-17-4-3-14-12(17)19/h1-2,5H,3-4,6,13H2,(H,14,19)(H,15,16,18). The summed E-state index contributed by atoms with van der Waals surface area (Å²) in [5.41, 5.74) is 7.15. The van der Waals surface area contributed by atoms with Gasteiger partial charge in [0.15, 0.2) is 5.13 Å². The second kappa shape index (κ2) is 4.97. The van der Waals surface area contributed by atoms with Gasteiger partial charge < -0.3 is 21.3 Å². The summed E-state index contributed by atoms with van der Waals surface area (Å²) in [5.74, 6) is -0.255. The molecule has 104 valence electrons. The Morgan fingerprint density at radius 3 is 3.15 bits per heavy atom. The molecule has 0 atom stereocenters. The molecule has 3 amide bonds. The highest BCUT2D eigenvalue weighted by Gasteiger charge is 2.22. The second-order valence-corrected chi connectivity index (χ2v) is 5.48. The molecule has 0 bridgehead atoms. The van der Waals surface area contributed by atoms with Crippen LogP contribution in [0.3, 0.4) is 0 Å². The predicted molar refractivity (Wildman–Crippen MR) is 77.6 cm³/mol. The van der Waals surface area contributed by atoms with Crippen molar-refractivity contribution in [1.29, 1.82) is 0 Å². The first-order valence-electron chi connectivity index (χ1n) is 6.10. The Morgan fingerprint density at radius 1 is 1.55 bits per heavy atom. The summed E-state index contributed by atoms with van der Waals surface area (Å²) in [6.07, 6.45) is 0. The van der Waals surface area contributed by atoms with Crippen LogP contribution in [0.15, 0.2) is 18.2 Å². The molecule has 0 spiro atoms. The number of amides is 3. The van der Waals surface area contributed by atoms with Gasteiger partial charge in [0.1, 0.15) is 6.54 Å². The average molecular weight is 291 g/mol. The van der Waals surface area contributed by atoms with Crippen molar-refractivity contribution in [1.82, 2.24) is 15.2 Å². The lowest BCUT2D eigenvalue weighted by atomic mass is 10.3. The number of benzene rings is 1. The number of fused-ring (bicyclic) bond motifs is 1. The molecule has 0 aliphatic carbocycles. The van der Waals surface area contributed by atoms with Gasteiger partial charge in [-0.2, -0.15) is 0 Å². The van der Waals surface area contributed by atoms with Crippen molar-refractivity contribution in [3.63, 3.8) is 0 Å². The normalized spacial score (nSPS) is 14.6. The van der Waals surface area contributed by atoms with Crippen molar-refractivity contribution in [2.24, 2.45) is 0 Å². The number of nitrogens with two attached hydrogens (primary N) is 1. The van der Waals surface area contributed by atoms with Crippen molar-refractivity contribution in [2.75, 3.05) is 30.7 Å². The van der Waals surface area contributed by atoms with E-state index < -0.39 is 0 Å². The molecule has 3 rings (SSSR count). The van der Waals surface area contributed by atoms with Gasteiger partial charge >= 0.3 is 6.03 Å². The lowest BCUT2D eigenvalue weighted by Crippen LogP contribution is -2.35. The summed E-state index contributed by atoms with van der Waals surface area (Å²) < 4.78 is 0.916. The second-order valence-electron chi connectivity index (χ2n) is 4.45. The summed E-state index contributed by atoms with van der Waals surface area (Å²) in [7, 11) is 0. The van der Waals surface area contributed by atoms with Gasteiger partial charge in [0.25, 0.3) is 0 Å². The Bertz CT molecular complexity index is 684. The van der Waals surface area contributed by atoms with E-state index in [1.165, 1.54) is 16.2 Å². The van der Waals surface area contributed by atoms with Crippen molar-refractivity contribution in [3.05, 3.63) is 18.2 Å². The smallest absolute Gasteiger partial charge is 0.317 e. The van der Waals surface area contributed by atoms with Crippen LogP contribution in [-0.4, -0.2) is 41.5 Å². The number of hydrogen-bond acceptors (Lipinski definition) is 5. The summed E-state index contributed by atoms with van der Waals surface area (Å²) in [4.78, 5) is 29.0. The van der Waals surface area contributed by atoms with E-state index in [4.69, 9.17) is 5.73 Å². The molecule has 0 radical (unpaired) electrons. The number of rotatable bonds is 3. The van der Waals surface area contributed by atoms with Gasteiger partial charge in [0.05, 0.1) is 10.2 Å². The molecule has 8 heteroatoms. The monoisotopic (exact) mass is 291 g/mol. The summed E-state index contributed by atoms with van der Waals surface area (Å²) in [6, 6.07) is 5.18. The third-order valence-electron chi connectivity index (χ3n) is 2.94. The Kier molecular flexibility index (Phi) is 3.15. The molecule has 0 saturated carbocycles. The molecule has 2 aromatic rings. The lowest BCUT2D eigenvalue weighted by Gasteiger charge is -2.12. The molecule has 20 heavy (non-hydrogen) atoms. The van der Waals surface area contributed by atoms with Crippen molar-refractivity contribution >= 4 is 44.3 Å². The van der Waals surface area contributed by atoms with Crippen LogP contribution in [0.2, 0.25) is 0 Å². The SMILES string of the molecule is Nc1ccc2nc(NC(=O)CN3CCNC3=O)sc2c1. The summed E-state index contributed by atoms with van der Waals surface area (Å²) >= 11 is 1.36. The fraction of sp³-hybridized carbons (Fsp3) is 0.250. The molecule has 1 aromatic heterocycles. The summed E-state index contributed by atoms with van der Waals surface area (Å²) in [5, 5.41) is 5.86. The quantitative estimate of drug-likeness (QED) is 0.729. The Balaban J connectivity index is 1.69. The number of hydrogen-bond donors (Lipinski definition) is 3. The first kappa shape index (κ1) is 12.7. The third-order valence-corrected chi connectivity index (χ3v) is 3.87. The van der Waals surface area contributed by atoms with Gasteiger partial charge in [-0.1, -0.05) is 11.3 Å². The molecule has 1 aliphatic rings. The van der Waals surface area contributed by atoms with E-state index in [1.54, 1.807) is 6.07 Å². The zero-order valence-electron chi connectivity index (χ0n) is 10.5. The van der Waals surface area contributed by atoms with Gasteiger partial charge in [0, 0.05) is 18.8 Å². The molecule has 1 fully saturated rings. The van der Waals surface area contributed by atoms with Crippen LogP contribution < -0.4 is 16.4 Å². The van der Waals surface area contributed by atoms with Gasteiger partial charge in [-0.25, -0.2) is 9.78 Å². The minimum absolute atomic E-state index is 0.0316. The third kappa shape index (κ3) is 2.50. The van der Waals surface area contributed by atoms with Crippen LogP contribution in [0, 0.1) is 0 Å². The maximum atomic E-state index is 11.9. The van der Waals surface area contributed by atoms with Crippen molar-refractivity contribution in [2.45, 2.75) is 0 Å². The van der Waals surface area contributed by atoms with Crippen LogP contribution >= 0.6 is 11.3 Å². The molecular formula is C12H13N5O2S. The van der Waals surface area contributed by atoms with E-state index in [1.807, 2.05) is 12.1 Å². The fourth-order valence-electron chi connectivity index (χ4n) is 1.99. The molecule has 0 unspecified atom stereocenters. The van der Waals surface area contributed by atoms with Crippen LogP contribution in [0.5, 0.6) is 0 Å². The van der Waals surface area contributed by atoms with Crippen LogP contribution in [-0.2, 0) is 4.79 Å². The van der Waals surface area contributed by atoms with Gasteiger partial charge in [-0.15, -0.1) is 0 Å². The zero-order valence-corrected chi connectivity index (χ0v) is 11.4. The highest BCUT2D eigenvalue weighted by molar-refractivity contribution is 7.22. The fourth-order valence-corrected chi connectivity index (χ4v) is 2.92. The molecule has 1 aromatic carbocycles. The minimum atomic E-state index is -0.255. The lowest BCUT2D eigenvalue weighted by molar-refractivity contribution is -0.116. The number of urea groups is 1. The largest absolute Gasteiger partial charge is 0.399 e. The van der Waals surface area contributed by atoms with Crippen LogP contribution in [0.4, 0.5) is 15.6 Å². The van der Waals surface area contributed by atoms with Gasteiger partial charge in [-0.3, -0.25) is 4.79 Å². The van der Waals surface area contributed by atoms with E-state index in [0.29, 0.717) is 23.9 Å². The Morgan fingerprint density at radius 2 is 2.40 bits per heavy atom. The maximum absolute atomic E-state index is 11.9. The number of nitrogens with zero attached hydrogens (tertiary/aromatic N) is 2. The minimum Gasteiger partial charge on any atom is -0.399 e. The molecule has 2 heterocycles. The number of thiazole rings is 1. The highest BCUT2D eigenvalue weighted by Crippen LogP contribution is 2.27. The van der Waals surface area contributed by atoms with Crippen LogP contribution in [0.25, 0.3) is 10.2 Å². The highest BCUT2D eigenvalue weighted by atomic mass is 32.1. The summed E-state index contributed by atoms with van der Waals surface area (Å²) in [6.45, 7) is 1.15. The molecule has 1 aliphatic heterocycles. The van der Waals surface area contributed by atoms with Crippen LogP contribution in [0.1, 0.15) is 0 Å². The molecule has 1 saturated heterocycles. The van der Waals surface area contributed by atoms with E-state index >= 15 is 0 Å². The van der Waals surface area contributed by atoms with E-state index in [-0.39, 0.29) is 18.5 Å². The van der Waals surface area contributed by atoms with E-state index in [0.717, 1.165) is 10.2 Å². The first-order chi connectivity index (χ1) is 9.61. The topological polar surface area (TPSA) is 100 Å². The van der Waals surface area contributed by atoms with Crippen molar-refractivity contribution in [3.8, 4) is 0 Å².